The number of rotatable bonds is 2. The van der Waals surface area contributed by atoms with Crippen LogP contribution in [0.25, 0.3) is 0 Å². The van der Waals surface area contributed by atoms with Crippen LogP contribution in [-0.4, -0.2) is 17.1 Å². The summed E-state index contributed by atoms with van der Waals surface area (Å²) in [5.74, 6) is 5.92. The number of hydrogen-bond acceptors (Lipinski definition) is 1. The summed E-state index contributed by atoms with van der Waals surface area (Å²) >= 11 is 5.28. The lowest BCUT2D eigenvalue weighted by molar-refractivity contribution is 0.186. The highest BCUT2D eigenvalue weighted by molar-refractivity contribution is 6.19. The van der Waals surface area contributed by atoms with Gasteiger partial charge in [0.15, 0.2) is 0 Å². The van der Waals surface area contributed by atoms with E-state index in [0.717, 1.165) is 12.8 Å². The molecule has 2 heteroatoms. The first kappa shape index (κ1) is 8.81. The van der Waals surface area contributed by atoms with E-state index < -0.39 is 0 Å². The molecular weight excluding hydrogens is 136 g/mol. The molecule has 0 aliphatic heterocycles. The van der Waals surface area contributed by atoms with Crippen molar-refractivity contribution in [3.8, 4) is 11.8 Å². The van der Waals surface area contributed by atoms with Gasteiger partial charge in [-0.25, -0.2) is 0 Å². The van der Waals surface area contributed by atoms with Gasteiger partial charge in [0.2, 0.25) is 0 Å². The summed E-state index contributed by atoms with van der Waals surface area (Å²) in [6.07, 6.45) is 1.24. The van der Waals surface area contributed by atoms with Crippen LogP contribution < -0.4 is 0 Å². The SMILES string of the molecule is CC(O)CCC#CCCl. The summed E-state index contributed by atoms with van der Waals surface area (Å²) in [5.41, 5.74) is 0. The van der Waals surface area contributed by atoms with Crippen LogP contribution in [0, 0.1) is 11.8 Å². The average molecular weight is 147 g/mol. The molecule has 0 aromatic heterocycles. The van der Waals surface area contributed by atoms with Gasteiger partial charge in [-0.2, -0.15) is 0 Å². The van der Waals surface area contributed by atoms with Crippen LogP contribution in [0.4, 0.5) is 0 Å². The average Bonchev–Trinajstić information content (AvgIpc) is 1.80. The van der Waals surface area contributed by atoms with Crippen LogP contribution in [0.1, 0.15) is 19.8 Å². The zero-order valence-electron chi connectivity index (χ0n) is 5.52. The predicted molar refractivity (Wildman–Crippen MR) is 39.4 cm³/mol. The lowest BCUT2D eigenvalue weighted by Gasteiger charge is -1.95. The van der Waals surface area contributed by atoms with Crippen molar-refractivity contribution in [3.05, 3.63) is 0 Å². The summed E-state index contributed by atoms with van der Waals surface area (Å²) < 4.78 is 0. The molecule has 52 valence electrons. The van der Waals surface area contributed by atoms with Crippen molar-refractivity contribution in [2.75, 3.05) is 5.88 Å². The number of hydrogen-bond donors (Lipinski definition) is 1. The molecular formula is C7H11ClO. The van der Waals surface area contributed by atoms with Crippen LogP contribution in [0.3, 0.4) is 0 Å². The van der Waals surface area contributed by atoms with Crippen molar-refractivity contribution >= 4 is 11.6 Å². The Balaban J connectivity index is 3.09. The zero-order valence-corrected chi connectivity index (χ0v) is 6.28. The lowest BCUT2D eigenvalue weighted by atomic mass is 10.2. The third-order valence-corrected chi connectivity index (χ3v) is 1.01. The summed E-state index contributed by atoms with van der Waals surface area (Å²) in [6, 6.07) is 0. The lowest BCUT2D eigenvalue weighted by Crippen LogP contribution is -1.96. The van der Waals surface area contributed by atoms with E-state index in [-0.39, 0.29) is 6.10 Å². The minimum absolute atomic E-state index is 0.241. The second kappa shape index (κ2) is 5.94. The van der Waals surface area contributed by atoms with Crippen molar-refractivity contribution in [1.82, 2.24) is 0 Å². The van der Waals surface area contributed by atoms with E-state index in [9.17, 15) is 0 Å². The van der Waals surface area contributed by atoms with E-state index in [0.29, 0.717) is 5.88 Å². The Morgan fingerprint density at radius 2 is 2.22 bits per heavy atom. The van der Waals surface area contributed by atoms with Crippen molar-refractivity contribution in [2.45, 2.75) is 25.9 Å². The van der Waals surface area contributed by atoms with E-state index in [2.05, 4.69) is 11.8 Å². The normalized spacial score (nSPS) is 11.9. The Labute approximate surface area is 61.0 Å². The van der Waals surface area contributed by atoms with Crippen LogP contribution in [-0.2, 0) is 0 Å². The van der Waals surface area contributed by atoms with E-state index >= 15 is 0 Å². The van der Waals surface area contributed by atoms with Gasteiger partial charge in [0, 0.05) is 6.42 Å². The second-order valence-corrected chi connectivity index (χ2v) is 2.14. The van der Waals surface area contributed by atoms with Crippen LogP contribution in [0.2, 0.25) is 0 Å². The van der Waals surface area contributed by atoms with Crippen LogP contribution >= 0.6 is 11.6 Å². The Hall–Kier alpha value is -0.190. The number of halogens is 1. The van der Waals surface area contributed by atoms with Gasteiger partial charge in [0.05, 0.1) is 12.0 Å². The second-order valence-electron chi connectivity index (χ2n) is 1.87. The van der Waals surface area contributed by atoms with E-state index in [1.54, 1.807) is 6.92 Å². The van der Waals surface area contributed by atoms with Gasteiger partial charge in [-0.3, -0.25) is 0 Å². The number of alkyl halides is 1. The minimum atomic E-state index is -0.241. The molecule has 0 amide bonds. The molecule has 0 radical (unpaired) electrons. The van der Waals surface area contributed by atoms with Gasteiger partial charge >= 0.3 is 0 Å². The number of aliphatic hydroxyl groups excluding tert-OH is 1. The largest absolute Gasteiger partial charge is 0.393 e. The topological polar surface area (TPSA) is 20.2 Å². The van der Waals surface area contributed by atoms with Crippen LogP contribution in [0.15, 0.2) is 0 Å². The van der Waals surface area contributed by atoms with Crippen molar-refractivity contribution < 1.29 is 5.11 Å². The molecule has 0 saturated heterocycles. The Bertz CT molecular complexity index is 110. The molecule has 0 rings (SSSR count). The molecule has 0 aliphatic carbocycles. The van der Waals surface area contributed by atoms with E-state index in [1.807, 2.05) is 0 Å². The standard InChI is InChI=1S/C7H11ClO/c1-7(9)5-3-2-4-6-8/h7,9H,3,5-6H2,1H3. The Kier molecular flexibility index (Phi) is 5.81. The first-order valence-corrected chi connectivity index (χ1v) is 3.50. The first-order chi connectivity index (χ1) is 4.27. The van der Waals surface area contributed by atoms with Crippen molar-refractivity contribution in [3.63, 3.8) is 0 Å². The van der Waals surface area contributed by atoms with Gasteiger partial charge in [-0.15, -0.1) is 17.5 Å². The quantitative estimate of drug-likeness (QED) is 0.461. The van der Waals surface area contributed by atoms with Gasteiger partial charge in [0.25, 0.3) is 0 Å². The predicted octanol–water partition coefficient (Wildman–Crippen LogP) is 1.39. The molecule has 0 saturated carbocycles. The molecule has 9 heavy (non-hydrogen) atoms. The summed E-state index contributed by atoms with van der Waals surface area (Å²) in [5, 5.41) is 8.75. The first-order valence-electron chi connectivity index (χ1n) is 2.97. The highest BCUT2D eigenvalue weighted by atomic mass is 35.5. The highest BCUT2D eigenvalue weighted by Gasteiger charge is 1.89. The molecule has 0 heterocycles. The molecule has 1 atom stereocenters. The fourth-order valence-corrected chi connectivity index (χ4v) is 0.511. The monoisotopic (exact) mass is 146 g/mol. The molecule has 0 aromatic rings. The fraction of sp³-hybridized carbons (Fsp3) is 0.714. The molecule has 0 aliphatic rings. The maximum atomic E-state index is 8.75. The zero-order chi connectivity index (χ0) is 7.11. The fourth-order valence-electron chi connectivity index (χ4n) is 0.417. The van der Waals surface area contributed by atoms with Crippen LogP contribution in [0.5, 0.6) is 0 Å². The third-order valence-electron chi connectivity index (χ3n) is 0.879. The Morgan fingerprint density at radius 1 is 1.56 bits per heavy atom. The van der Waals surface area contributed by atoms with Crippen molar-refractivity contribution in [1.29, 1.82) is 0 Å². The summed E-state index contributed by atoms with van der Waals surface area (Å²) in [6.45, 7) is 1.75. The van der Waals surface area contributed by atoms with Gasteiger partial charge in [-0.1, -0.05) is 5.92 Å². The maximum absolute atomic E-state index is 8.75. The number of aliphatic hydroxyl groups is 1. The summed E-state index contributed by atoms with van der Waals surface area (Å²) in [4.78, 5) is 0. The van der Waals surface area contributed by atoms with Gasteiger partial charge < -0.3 is 5.11 Å². The summed E-state index contributed by atoms with van der Waals surface area (Å²) in [7, 11) is 0. The smallest absolute Gasteiger partial charge is 0.0835 e. The third kappa shape index (κ3) is 7.81. The molecule has 0 aromatic carbocycles. The molecule has 1 nitrogen and oxygen atoms in total. The van der Waals surface area contributed by atoms with Gasteiger partial charge in [0.1, 0.15) is 0 Å². The molecule has 0 spiro atoms. The van der Waals surface area contributed by atoms with E-state index in [1.165, 1.54) is 0 Å². The minimum Gasteiger partial charge on any atom is -0.393 e. The molecule has 1 unspecified atom stereocenters. The van der Waals surface area contributed by atoms with Gasteiger partial charge in [-0.05, 0) is 13.3 Å². The molecule has 0 bridgehead atoms. The molecule has 0 fully saturated rings. The van der Waals surface area contributed by atoms with E-state index in [4.69, 9.17) is 16.7 Å². The highest BCUT2D eigenvalue weighted by Crippen LogP contribution is 1.92. The van der Waals surface area contributed by atoms with Crippen molar-refractivity contribution in [2.24, 2.45) is 0 Å². The molecule has 1 N–H and O–H groups in total. The maximum Gasteiger partial charge on any atom is 0.0835 e. The Morgan fingerprint density at radius 3 is 2.67 bits per heavy atom.